The van der Waals surface area contributed by atoms with Gasteiger partial charge in [0.15, 0.2) is 0 Å². The molecule has 0 aromatic heterocycles. The van der Waals surface area contributed by atoms with Crippen LogP contribution < -0.4 is 5.73 Å². The third-order valence-corrected chi connectivity index (χ3v) is 4.13. The van der Waals surface area contributed by atoms with Crippen LogP contribution in [0.3, 0.4) is 0 Å². The van der Waals surface area contributed by atoms with Gasteiger partial charge in [-0.25, -0.2) is 0 Å². The van der Waals surface area contributed by atoms with E-state index >= 15 is 0 Å². The van der Waals surface area contributed by atoms with E-state index in [1.54, 1.807) is 0 Å². The van der Waals surface area contributed by atoms with Crippen molar-refractivity contribution in [2.45, 2.75) is 25.3 Å². The molecule has 16 heavy (non-hydrogen) atoms. The zero-order chi connectivity index (χ0) is 11.4. The van der Waals surface area contributed by atoms with E-state index in [1.165, 1.54) is 30.0 Å². The Morgan fingerprint density at radius 3 is 2.62 bits per heavy atom. The molecule has 88 valence electrons. The lowest BCUT2D eigenvalue weighted by molar-refractivity contribution is 0.278. The molecule has 2 nitrogen and oxygen atoms in total. The van der Waals surface area contributed by atoms with Gasteiger partial charge < -0.3 is 5.73 Å². The second kappa shape index (κ2) is 5.71. The van der Waals surface area contributed by atoms with Crippen molar-refractivity contribution in [1.29, 1.82) is 0 Å². The summed E-state index contributed by atoms with van der Waals surface area (Å²) in [7, 11) is 0. The van der Waals surface area contributed by atoms with Crippen LogP contribution in [0.4, 0.5) is 0 Å². The molecule has 0 spiro atoms. The molecule has 1 saturated heterocycles. The van der Waals surface area contributed by atoms with Crippen LogP contribution in [0.5, 0.6) is 0 Å². The summed E-state index contributed by atoms with van der Waals surface area (Å²) in [6, 6.07) is 8.68. The molecule has 2 rings (SSSR count). The van der Waals surface area contributed by atoms with Crippen molar-refractivity contribution in [2.75, 3.05) is 18.8 Å². The van der Waals surface area contributed by atoms with Crippen LogP contribution >= 0.6 is 11.8 Å². The van der Waals surface area contributed by atoms with Crippen LogP contribution in [0, 0.1) is 0 Å². The molecule has 2 N–H and O–H groups in total. The van der Waals surface area contributed by atoms with Gasteiger partial charge in [-0.15, -0.1) is 0 Å². The van der Waals surface area contributed by atoms with Gasteiger partial charge in [-0.2, -0.15) is 11.8 Å². The lowest BCUT2D eigenvalue weighted by Gasteiger charge is -2.30. The predicted molar refractivity (Wildman–Crippen MR) is 71.5 cm³/mol. The summed E-state index contributed by atoms with van der Waals surface area (Å²) < 4.78 is 0. The van der Waals surface area contributed by atoms with Gasteiger partial charge in [-0.1, -0.05) is 31.2 Å². The Kier molecular flexibility index (Phi) is 4.27. The SMILES string of the molecule is CC1CN(Cc2ccc(CN)cc2)CCS1. The summed E-state index contributed by atoms with van der Waals surface area (Å²) in [5.74, 6) is 1.27. The molecule has 1 atom stereocenters. The molecule has 1 aliphatic rings. The lowest BCUT2D eigenvalue weighted by Crippen LogP contribution is -2.35. The number of nitrogens with two attached hydrogens (primary N) is 1. The summed E-state index contributed by atoms with van der Waals surface area (Å²) in [5, 5.41) is 0.775. The maximum Gasteiger partial charge on any atom is 0.0234 e. The average molecular weight is 236 g/mol. The van der Waals surface area contributed by atoms with Gasteiger partial charge in [0, 0.05) is 37.2 Å². The number of hydrogen-bond acceptors (Lipinski definition) is 3. The minimum absolute atomic E-state index is 0.637. The zero-order valence-electron chi connectivity index (χ0n) is 9.86. The smallest absolute Gasteiger partial charge is 0.0234 e. The van der Waals surface area contributed by atoms with Gasteiger partial charge in [-0.05, 0) is 11.1 Å². The Hall–Kier alpha value is -0.510. The normalized spacial score (nSPS) is 22.2. The summed E-state index contributed by atoms with van der Waals surface area (Å²) >= 11 is 2.08. The molecule has 1 fully saturated rings. The van der Waals surface area contributed by atoms with Gasteiger partial charge >= 0.3 is 0 Å². The lowest BCUT2D eigenvalue weighted by atomic mass is 10.1. The first-order valence-corrected chi connectivity index (χ1v) is 6.94. The van der Waals surface area contributed by atoms with Crippen LogP contribution in [0.1, 0.15) is 18.1 Å². The van der Waals surface area contributed by atoms with Crippen molar-refractivity contribution in [3.63, 3.8) is 0 Å². The van der Waals surface area contributed by atoms with Crippen molar-refractivity contribution >= 4 is 11.8 Å². The molecule has 1 aromatic rings. The molecule has 0 saturated carbocycles. The first-order valence-electron chi connectivity index (χ1n) is 5.90. The minimum Gasteiger partial charge on any atom is -0.326 e. The third kappa shape index (κ3) is 3.24. The Morgan fingerprint density at radius 2 is 2.00 bits per heavy atom. The van der Waals surface area contributed by atoms with Crippen molar-refractivity contribution < 1.29 is 0 Å². The number of hydrogen-bond donors (Lipinski definition) is 1. The Balaban J connectivity index is 1.92. The van der Waals surface area contributed by atoms with Gasteiger partial charge in [0.05, 0.1) is 0 Å². The molecule has 1 heterocycles. The van der Waals surface area contributed by atoms with E-state index < -0.39 is 0 Å². The topological polar surface area (TPSA) is 29.3 Å². The van der Waals surface area contributed by atoms with Crippen LogP contribution in [-0.2, 0) is 13.1 Å². The monoisotopic (exact) mass is 236 g/mol. The fraction of sp³-hybridized carbons (Fsp3) is 0.538. The van der Waals surface area contributed by atoms with Gasteiger partial charge in [-0.3, -0.25) is 4.90 Å². The van der Waals surface area contributed by atoms with E-state index in [-0.39, 0.29) is 0 Å². The van der Waals surface area contributed by atoms with E-state index in [2.05, 4.69) is 47.9 Å². The largest absolute Gasteiger partial charge is 0.326 e. The molecule has 3 heteroatoms. The molecule has 0 aliphatic carbocycles. The Morgan fingerprint density at radius 1 is 1.31 bits per heavy atom. The second-order valence-corrected chi connectivity index (χ2v) is 5.98. The second-order valence-electron chi connectivity index (χ2n) is 4.44. The minimum atomic E-state index is 0.637. The van der Waals surface area contributed by atoms with Crippen LogP contribution in [-0.4, -0.2) is 29.0 Å². The van der Waals surface area contributed by atoms with Crippen molar-refractivity contribution in [3.8, 4) is 0 Å². The molecular weight excluding hydrogens is 216 g/mol. The fourth-order valence-electron chi connectivity index (χ4n) is 2.07. The number of rotatable bonds is 3. The fourth-order valence-corrected chi connectivity index (χ4v) is 3.16. The van der Waals surface area contributed by atoms with Gasteiger partial charge in [0.2, 0.25) is 0 Å². The van der Waals surface area contributed by atoms with Crippen molar-refractivity contribution in [3.05, 3.63) is 35.4 Å². The standard InChI is InChI=1S/C13H20N2S/c1-11-9-15(6-7-16-11)10-13-4-2-12(8-14)3-5-13/h2-5,11H,6-10,14H2,1H3. The summed E-state index contributed by atoms with van der Waals surface area (Å²) in [5.41, 5.74) is 8.20. The molecule has 1 aliphatic heterocycles. The molecule has 1 unspecified atom stereocenters. The van der Waals surface area contributed by atoms with Crippen molar-refractivity contribution in [2.24, 2.45) is 5.73 Å². The van der Waals surface area contributed by atoms with Crippen molar-refractivity contribution in [1.82, 2.24) is 4.90 Å². The maximum atomic E-state index is 5.59. The molecule has 1 aromatic carbocycles. The molecular formula is C13H20N2S. The van der Waals surface area contributed by atoms with E-state index in [4.69, 9.17) is 5.73 Å². The van der Waals surface area contributed by atoms with Crippen LogP contribution in [0.15, 0.2) is 24.3 Å². The van der Waals surface area contributed by atoms with E-state index in [9.17, 15) is 0 Å². The predicted octanol–water partition coefficient (Wildman–Crippen LogP) is 2.08. The summed E-state index contributed by atoms with van der Waals surface area (Å²) in [4.78, 5) is 2.54. The number of nitrogens with zero attached hydrogens (tertiary/aromatic N) is 1. The third-order valence-electron chi connectivity index (χ3n) is 2.99. The van der Waals surface area contributed by atoms with Gasteiger partial charge in [0.1, 0.15) is 0 Å². The van der Waals surface area contributed by atoms with Crippen LogP contribution in [0.2, 0.25) is 0 Å². The highest BCUT2D eigenvalue weighted by Gasteiger charge is 2.16. The first kappa shape index (κ1) is 12.0. The van der Waals surface area contributed by atoms with E-state index in [0.717, 1.165) is 11.8 Å². The van der Waals surface area contributed by atoms with Crippen LogP contribution in [0.25, 0.3) is 0 Å². The van der Waals surface area contributed by atoms with E-state index in [0.29, 0.717) is 6.54 Å². The molecule has 0 radical (unpaired) electrons. The summed E-state index contributed by atoms with van der Waals surface area (Å²) in [6.45, 7) is 6.46. The molecule has 0 amide bonds. The summed E-state index contributed by atoms with van der Waals surface area (Å²) in [6.07, 6.45) is 0. The Labute approximate surface area is 102 Å². The number of benzene rings is 1. The maximum absolute atomic E-state index is 5.59. The highest BCUT2D eigenvalue weighted by atomic mass is 32.2. The quantitative estimate of drug-likeness (QED) is 0.871. The molecule has 0 bridgehead atoms. The average Bonchev–Trinajstić information content (AvgIpc) is 2.30. The van der Waals surface area contributed by atoms with Gasteiger partial charge in [0.25, 0.3) is 0 Å². The highest BCUT2D eigenvalue weighted by molar-refractivity contribution is 7.99. The zero-order valence-corrected chi connectivity index (χ0v) is 10.7. The first-order chi connectivity index (χ1) is 7.78. The highest BCUT2D eigenvalue weighted by Crippen LogP contribution is 2.19. The number of thioether (sulfide) groups is 1. The van der Waals surface area contributed by atoms with E-state index in [1.807, 2.05) is 0 Å². The Bertz CT molecular complexity index is 323.